The quantitative estimate of drug-likeness (QED) is 0.570. The number of amides is 1. The van der Waals surface area contributed by atoms with Gasteiger partial charge < -0.3 is 10.4 Å². The third-order valence-electron chi connectivity index (χ3n) is 3.95. The van der Waals surface area contributed by atoms with Crippen LogP contribution in [0.25, 0.3) is 0 Å². The van der Waals surface area contributed by atoms with Crippen molar-refractivity contribution in [3.63, 3.8) is 0 Å². The molecule has 0 spiro atoms. The SMILES string of the molecule is CNS(=O)(=O)c1ccnc(C(=O)NCC(O)C(F)(F)F)c1Cc1ccccc1F. The van der Waals surface area contributed by atoms with Gasteiger partial charge in [0.25, 0.3) is 5.91 Å². The molecule has 0 aliphatic heterocycles. The van der Waals surface area contributed by atoms with Crippen molar-refractivity contribution in [3.05, 3.63) is 59.2 Å². The summed E-state index contributed by atoms with van der Waals surface area (Å²) in [5.74, 6) is -1.81. The first-order valence-electron chi connectivity index (χ1n) is 8.15. The average Bonchev–Trinajstić information content (AvgIpc) is 2.66. The van der Waals surface area contributed by atoms with Gasteiger partial charge in [-0.25, -0.2) is 17.5 Å². The fourth-order valence-corrected chi connectivity index (χ4v) is 3.38. The molecule has 0 radical (unpaired) electrons. The number of alkyl halides is 3. The Morgan fingerprint density at radius 3 is 2.48 bits per heavy atom. The molecule has 158 valence electrons. The topological polar surface area (TPSA) is 108 Å². The number of nitrogens with one attached hydrogen (secondary N) is 2. The van der Waals surface area contributed by atoms with Gasteiger partial charge in [-0.05, 0) is 24.7 Å². The second kappa shape index (κ2) is 8.84. The summed E-state index contributed by atoms with van der Waals surface area (Å²) in [5, 5.41) is 10.9. The fraction of sp³-hybridized carbons (Fsp3) is 0.294. The fourth-order valence-electron chi connectivity index (χ4n) is 2.42. The monoisotopic (exact) mass is 435 g/mol. The molecule has 7 nitrogen and oxygen atoms in total. The van der Waals surface area contributed by atoms with Crippen LogP contribution in [-0.2, 0) is 16.4 Å². The first kappa shape index (κ1) is 22.7. The van der Waals surface area contributed by atoms with E-state index in [1.54, 1.807) is 0 Å². The van der Waals surface area contributed by atoms with Gasteiger partial charge in [0.2, 0.25) is 10.0 Å². The molecule has 1 heterocycles. The summed E-state index contributed by atoms with van der Waals surface area (Å²) >= 11 is 0. The van der Waals surface area contributed by atoms with E-state index in [2.05, 4.69) is 9.71 Å². The van der Waals surface area contributed by atoms with Crippen molar-refractivity contribution in [1.82, 2.24) is 15.0 Å². The van der Waals surface area contributed by atoms with Gasteiger partial charge in [0.1, 0.15) is 11.5 Å². The van der Waals surface area contributed by atoms with E-state index in [0.29, 0.717) is 0 Å². The Labute approximate surface area is 163 Å². The molecule has 29 heavy (non-hydrogen) atoms. The van der Waals surface area contributed by atoms with E-state index in [9.17, 15) is 30.8 Å². The minimum atomic E-state index is -4.95. The summed E-state index contributed by atoms with van der Waals surface area (Å²) < 4.78 is 78.1. The van der Waals surface area contributed by atoms with Crippen LogP contribution in [0.1, 0.15) is 21.6 Å². The van der Waals surface area contributed by atoms with Crippen LogP contribution in [0.3, 0.4) is 0 Å². The first-order valence-corrected chi connectivity index (χ1v) is 9.63. The number of pyridine rings is 1. The van der Waals surface area contributed by atoms with E-state index in [4.69, 9.17) is 5.11 Å². The van der Waals surface area contributed by atoms with Gasteiger partial charge in [-0.3, -0.25) is 9.78 Å². The van der Waals surface area contributed by atoms with Crippen LogP contribution in [0.2, 0.25) is 0 Å². The molecule has 1 atom stereocenters. The van der Waals surface area contributed by atoms with Crippen LogP contribution in [0.5, 0.6) is 0 Å². The Kier molecular flexibility index (Phi) is 6.93. The third-order valence-corrected chi connectivity index (χ3v) is 5.44. The first-order chi connectivity index (χ1) is 13.5. The van der Waals surface area contributed by atoms with Crippen LogP contribution in [0.15, 0.2) is 41.4 Å². The molecule has 0 aliphatic rings. The molecule has 0 saturated heterocycles. The molecule has 1 amide bonds. The Bertz CT molecular complexity index is 996. The number of aliphatic hydroxyl groups excluding tert-OH is 1. The predicted octanol–water partition coefficient (Wildman–Crippen LogP) is 1.37. The van der Waals surface area contributed by atoms with Crippen LogP contribution in [0.4, 0.5) is 17.6 Å². The number of rotatable bonds is 7. The zero-order chi connectivity index (χ0) is 21.8. The zero-order valence-electron chi connectivity index (χ0n) is 15.0. The van der Waals surface area contributed by atoms with E-state index < -0.39 is 46.3 Å². The number of halogens is 4. The molecule has 0 bridgehead atoms. The Morgan fingerprint density at radius 2 is 1.90 bits per heavy atom. The van der Waals surface area contributed by atoms with Gasteiger partial charge in [0.15, 0.2) is 6.10 Å². The van der Waals surface area contributed by atoms with Crippen molar-refractivity contribution in [3.8, 4) is 0 Å². The minimum absolute atomic E-state index is 0.0532. The van der Waals surface area contributed by atoms with E-state index in [-0.39, 0.29) is 22.4 Å². The molecule has 1 unspecified atom stereocenters. The van der Waals surface area contributed by atoms with Crippen molar-refractivity contribution in [1.29, 1.82) is 0 Å². The largest absolute Gasteiger partial charge is 0.416 e. The minimum Gasteiger partial charge on any atom is -0.382 e. The van der Waals surface area contributed by atoms with Crippen LogP contribution >= 0.6 is 0 Å². The summed E-state index contributed by atoms with van der Waals surface area (Å²) in [6.45, 7) is -1.16. The maximum absolute atomic E-state index is 14.1. The number of hydrogen-bond donors (Lipinski definition) is 3. The lowest BCUT2D eigenvalue weighted by atomic mass is 10.0. The molecular formula is C17H17F4N3O4S. The Balaban J connectivity index is 2.48. The zero-order valence-corrected chi connectivity index (χ0v) is 15.8. The molecule has 2 rings (SSSR count). The summed E-state index contributed by atoms with van der Waals surface area (Å²) in [4.78, 5) is 15.8. The number of aromatic nitrogens is 1. The molecule has 1 aromatic heterocycles. The summed E-state index contributed by atoms with van der Waals surface area (Å²) in [5.41, 5.74) is -0.651. The van der Waals surface area contributed by atoms with E-state index in [0.717, 1.165) is 25.4 Å². The summed E-state index contributed by atoms with van der Waals surface area (Å²) in [6, 6.07) is 6.51. The average molecular weight is 435 g/mol. The molecular weight excluding hydrogens is 418 g/mol. The lowest BCUT2D eigenvalue weighted by molar-refractivity contribution is -0.201. The molecule has 0 saturated carbocycles. The smallest absolute Gasteiger partial charge is 0.382 e. The van der Waals surface area contributed by atoms with Gasteiger partial charge in [0.05, 0.1) is 11.4 Å². The molecule has 3 N–H and O–H groups in total. The number of benzene rings is 1. The molecule has 0 aliphatic carbocycles. The number of nitrogens with zero attached hydrogens (tertiary/aromatic N) is 1. The highest BCUT2D eigenvalue weighted by Gasteiger charge is 2.38. The molecule has 1 aromatic carbocycles. The normalized spacial score (nSPS) is 13.2. The van der Waals surface area contributed by atoms with Gasteiger partial charge in [-0.2, -0.15) is 13.2 Å². The van der Waals surface area contributed by atoms with E-state index in [1.807, 2.05) is 5.32 Å². The standard InChI is InChI=1S/C17H17F4N3O4S/c1-22-29(27,28)13-6-7-23-15(16(26)24-9-14(25)17(19,20)21)11(13)8-10-4-2-3-5-12(10)18/h2-7,14,22,25H,8-9H2,1H3,(H,24,26). The number of carbonyl (C=O) groups is 1. The maximum atomic E-state index is 14.1. The molecule has 0 fully saturated rings. The highest BCUT2D eigenvalue weighted by atomic mass is 32.2. The third kappa shape index (κ3) is 5.49. The van der Waals surface area contributed by atoms with Gasteiger partial charge in [0, 0.05) is 18.2 Å². The van der Waals surface area contributed by atoms with Crippen molar-refractivity contribution in [2.45, 2.75) is 23.6 Å². The van der Waals surface area contributed by atoms with Crippen molar-refractivity contribution in [2.24, 2.45) is 0 Å². The second-order valence-corrected chi connectivity index (χ2v) is 7.73. The van der Waals surface area contributed by atoms with Gasteiger partial charge >= 0.3 is 6.18 Å². The second-order valence-electron chi connectivity index (χ2n) is 5.88. The predicted molar refractivity (Wildman–Crippen MR) is 94.1 cm³/mol. The molecule has 12 heteroatoms. The van der Waals surface area contributed by atoms with Crippen LogP contribution in [0, 0.1) is 5.82 Å². The lowest BCUT2D eigenvalue weighted by Crippen LogP contribution is -2.41. The van der Waals surface area contributed by atoms with E-state index in [1.165, 1.54) is 18.2 Å². The van der Waals surface area contributed by atoms with Crippen molar-refractivity contribution >= 4 is 15.9 Å². The van der Waals surface area contributed by atoms with Crippen LogP contribution in [-0.4, -0.2) is 50.3 Å². The summed E-state index contributed by atoms with van der Waals surface area (Å²) in [7, 11) is -2.97. The number of hydrogen-bond acceptors (Lipinski definition) is 5. The molecule has 2 aromatic rings. The number of aliphatic hydroxyl groups is 1. The summed E-state index contributed by atoms with van der Waals surface area (Å²) in [6.07, 6.45) is -7.13. The number of carbonyl (C=O) groups excluding carboxylic acids is 1. The van der Waals surface area contributed by atoms with Gasteiger partial charge in [-0.15, -0.1) is 0 Å². The lowest BCUT2D eigenvalue weighted by Gasteiger charge is -2.17. The Hall–Kier alpha value is -2.57. The highest BCUT2D eigenvalue weighted by molar-refractivity contribution is 7.89. The van der Waals surface area contributed by atoms with Crippen molar-refractivity contribution < 1.29 is 35.9 Å². The maximum Gasteiger partial charge on any atom is 0.416 e. The van der Waals surface area contributed by atoms with Crippen LogP contribution < -0.4 is 10.0 Å². The van der Waals surface area contributed by atoms with E-state index >= 15 is 0 Å². The highest BCUT2D eigenvalue weighted by Crippen LogP contribution is 2.23. The Morgan fingerprint density at radius 1 is 1.24 bits per heavy atom. The van der Waals surface area contributed by atoms with Crippen molar-refractivity contribution in [2.75, 3.05) is 13.6 Å². The number of sulfonamides is 1. The van der Waals surface area contributed by atoms with Gasteiger partial charge in [-0.1, -0.05) is 18.2 Å².